The number of thioether (sulfide) groups is 1. The number of carbonyl (C=O) groups is 1. The molecule has 2 heterocycles. The summed E-state index contributed by atoms with van der Waals surface area (Å²) in [5.74, 6) is 1.55. The summed E-state index contributed by atoms with van der Waals surface area (Å²) in [6.07, 6.45) is 3.37. The summed E-state index contributed by atoms with van der Waals surface area (Å²) in [6.45, 7) is 6.69. The fourth-order valence-corrected chi connectivity index (χ4v) is 3.43. The van der Waals surface area contributed by atoms with Gasteiger partial charge in [0, 0.05) is 12.2 Å². The lowest BCUT2D eigenvalue weighted by Crippen LogP contribution is -2.24. The van der Waals surface area contributed by atoms with E-state index in [9.17, 15) is 4.79 Å². The van der Waals surface area contributed by atoms with Crippen molar-refractivity contribution in [2.75, 3.05) is 6.54 Å². The van der Waals surface area contributed by atoms with Gasteiger partial charge in [-0.2, -0.15) is 0 Å². The third-order valence-corrected chi connectivity index (χ3v) is 4.89. The van der Waals surface area contributed by atoms with Crippen LogP contribution in [0.5, 0.6) is 0 Å². The number of unbranched alkanes of at least 4 members (excludes halogenated alkanes) is 1. The second-order valence-electron chi connectivity index (χ2n) is 6.23. The van der Waals surface area contributed by atoms with Gasteiger partial charge >= 0.3 is 0 Å². The fourth-order valence-electron chi connectivity index (χ4n) is 2.58. The highest BCUT2D eigenvalue weighted by atomic mass is 32.2. The molecule has 1 N–H and O–H groups in total. The molecule has 27 heavy (non-hydrogen) atoms. The van der Waals surface area contributed by atoms with E-state index in [1.165, 1.54) is 23.6 Å². The maximum atomic E-state index is 12.0. The quantitative estimate of drug-likeness (QED) is 0.470. The van der Waals surface area contributed by atoms with Crippen LogP contribution in [0.2, 0.25) is 0 Å². The van der Waals surface area contributed by atoms with E-state index in [0.29, 0.717) is 23.9 Å². The molecule has 0 saturated heterocycles. The number of hydrogen-bond acceptors (Lipinski definition) is 6. The van der Waals surface area contributed by atoms with Gasteiger partial charge in [0.25, 0.3) is 5.91 Å². The van der Waals surface area contributed by atoms with Crippen LogP contribution >= 0.6 is 11.8 Å². The molecule has 0 radical (unpaired) electrons. The maximum Gasteiger partial charge on any atom is 0.273 e. The average molecular weight is 385 g/mol. The van der Waals surface area contributed by atoms with E-state index in [2.05, 4.69) is 46.5 Å². The first-order chi connectivity index (χ1) is 13.1. The first kappa shape index (κ1) is 19.2. The lowest BCUT2D eigenvalue weighted by atomic mass is 10.2. The monoisotopic (exact) mass is 385 g/mol. The van der Waals surface area contributed by atoms with Crippen molar-refractivity contribution >= 4 is 17.7 Å². The molecule has 0 aliphatic heterocycles. The predicted molar refractivity (Wildman–Crippen MR) is 104 cm³/mol. The molecular formula is C19H23N5O2S. The average Bonchev–Trinajstić information content (AvgIpc) is 3.27. The van der Waals surface area contributed by atoms with Crippen molar-refractivity contribution in [2.24, 2.45) is 0 Å². The second kappa shape index (κ2) is 8.85. The van der Waals surface area contributed by atoms with Crippen molar-refractivity contribution in [1.29, 1.82) is 0 Å². The summed E-state index contributed by atoms with van der Waals surface area (Å²) in [5.41, 5.74) is 2.49. The molecule has 0 fully saturated rings. The third-order valence-electron chi connectivity index (χ3n) is 3.98. The number of aryl methyl sites for hydroxylation is 2. The summed E-state index contributed by atoms with van der Waals surface area (Å²) >= 11 is 1.47. The molecular weight excluding hydrogens is 362 g/mol. The van der Waals surface area contributed by atoms with Gasteiger partial charge in [0.15, 0.2) is 10.9 Å². The Morgan fingerprint density at radius 2 is 2.15 bits per heavy atom. The number of hydrogen-bond donors (Lipinski definition) is 1. The Morgan fingerprint density at radius 3 is 2.93 bits per heavy atom. The van der Waals surface area contributed by atoms with E-state index in [4.69, 9.17) is 4.42 Å². The number of nitrogens with zero attached hydrogens (tertiary/aromatic N) is 4. The molecule has 3 aromatic rings. The topological polar surface area (TPSA) is 85.8 Å². The predicted octanol–water partition coefficient (Wildman–Crippen LogP) is 3.69. The number of benzene rings is 1. The SMILES string of the molecule is CCCCNC(=O)c1coc(CSc2nnc(C)n2-c2cccc(C)c2)n1. The molecule has 0 saturated carbocycles. The van der Waals surface area contributed by atoms with Crippen LogP contribution in [0.1, 0.15) is 47.5 Å². The van der Waals surface area contributed by atoms with Crippen molar-refractivity contribution in [3.63, 3.8) is 0 Å². The van der Waals surface area contributed by atoms with Crippen LogP contribution in [-0.2, 0) is 5.75 Å². The molecule has 1 aromatic carbocycles. The van der Waals surface area contributed by atoms with Crippen molar-refractivity contribution in [3.05, 3.63) is 53.5 Å². The van der Waals surface area contributed by atoms with Gasteiger partial charge in [0.2, 0.25) is 5.89 Å². The van der Waals surface area contributed by atoms with E-state index in [-0.39, 0.29) is 5.91 Å². The van der Waals surface area contributed by atoms with Gasteiger partial charge in [-0.1, -0.05) is 37.2 Å². The highest BCUT2D eigenvalue weighted by Gasteiger charge is 2.15. The summed E-state index contributed by atoms with van der Waals surface area (Å²) in [5, 5.41) is 12.0. The molecule has 0 aliphatic rings. The largest absolute Gasteiger partial charge is 0.447 e. The van der Waals surface area contributed by atoms with Gasteiger partial charge in [-0.15, -0.1) is 10.2 Å². The van der Waals surface area contributed by atoms with Crippen LogP contribution in [0.4, 0.5) is 0 Å². The second-order valence-corrected chi connectivity index (χ2v) is 7.17. The molecule has 0 bridgehead atoms. The minimum atomic E-state index is -0.206. The van der Waals surface area contributed by atoms with Crippen LogP contribution in [0.3, 0.4) is 0 Å². The summed E-state index contributed by atoms with van der Waals surface area (Å²) in [7, 11) is 0. The van der Waals surface area contributed by atoms with Crippen molar-refractivity contribution < 1.29 is 9.21 Å². The van der Waals surface area contributed by atoms with E-state index in [0.717, 1.165) is 29.5 Å². The van der Waals surface area contributed by atoms with Gasteiger partial charge in [-0.25, -0.2) is 4.98 Å². The molecule has 0 atom stereocenters. The Bertz CT molecular complexity index is 918. The Morgan fingerprint density at radius 1 is 1.30 bits per heavy atom. The summed E-state index contributed by atoms with van der Waals surface area (Å²) < 4.78 is 7.43. The number of nitrogens with one attached hydrogen (secondary N) is 1. The highest BCUT2D eigenvalue weighted by Crippen LogP contribution is 2.25. The van der Waals surface area contributed by atoms with Crippen LogP contribution < -0.4 is 5.32 Å². The van der Waals surface area contributed by atoms with Crippen LogP contribution in [-0.4, -0.2) is 32.2 Å². The Hall–Kier alpha value is -2.61. The van der Waals surface area contributed by atoms with Crippen LogP contribution in [0.15, 0.2) is 40.1 Å². The zero-order chi connectivity index (χ0) is 19.2. The molecule has 8 heteroatoms. The molecule has 0 aliphatic carbocycles. The molecule has 1 amide bonds. The minimum Gasteiger partial charge on any atom is -0.447 e. The molecule has 0 unspecified atom stereocenters. The Labute approximate surface area is 162 Å². The van der Waals surface area contributed by atoms with Gasteiger partial charge < -0.3 is 9.73 Å². The first-order valence-electron chi connectivity index (χ1n) is 8.93. The van der Waals surface area contributed by atoms with Crippen LogP contribution in [0.25, 0.3) is 5.69 Å². The summed E-state index contributed by atoms with van der Waals surface area (Å²) in [6, 6.07) is 8.17. The number of amides is 1. The minimum absolute atomic E-state index is 0.206. The first-order valence-corrected chi connectivity index (χ1v) is 9.91. The number of aromatic nitrogens is 4. The Balaban J connectivity index is 1.67. The summed E-state index contributed by atoms with van der Waals surface area (Å²) in [4.78, 5) is 16.3. The standard InChI is InChI=1S/C19H23N5O2S/c1-4-5-9-20-18(25)16-11-26-17(21-16)12-27-19-23-22-14(3)24(19)15-8-6-7-13(2)10-15/h6-8,10-11H,4-5,9,12H2,1-3H3,(H,20,25). The van der Waals surface area contributed by atoms with E-state index in [1.54, 1.807) is 0 Å². The lowest BCUT2D eigenvalue weighted by molar-refractivity contribution is 0.0948. The molecule has 142 valence electrons. The highest BCUT2D eigenvalue weighted by molar-refractivity contribution is 7.98. The van der Waals surface area contributed by atoms with Crippen molar-refractivity contribution in [3.8, 4) is 5.69 Å². The van der Waals surface area contributed by atoms with Gasteiger partial charge in [0.05, 0.1) is 5.75 Å². The van der Waals surface area contributed by atoms with Crippen molar-refractivity contribution in [2.45, 2.75) is 44.5 Å². The molecule has 0 spiro atoms. The zero-order valence-corrected chi connectivity index (χ0v) is 16.5. The molecule has 3 rings (SSSR count). The normalized spacial score (nSPS) is 10.9. The van der Waals surface area contributed by atoms with E-state index in [1.807, 2.05) is 23.6 Å². The Kier molecular flexibility index (Phi) is 6.28. The number of carbonyl (C=O) groups excluding carboxylic acids is 1. The van der Waals surface area contributed by atoms with E-state index < -0.39 is 0 Å². The molecule has 7 nitrogen and oxygen atoms in total. The van der Waals surface area contributed by atoms with Gasteiger partial charge in [0.1, 0.15) is 12.1 Å². The van der Waals surface area contributed by atoms with Gasteiger partial charge in [-0.05, 0) is 38.0 Å². The third kappa shape index (κ3) is 4.77. The number of rotatable bonds is 8. The fraction of sp³-hybridized carbons (Fsp3) is 0.368. The van der Waals surface area contributed by atoms with Crippen molar-refractivity contribution in [1.82, 2.24) is 25.1 Å². The number of oxazole rings is 1. The van der Waals surface area contributed by atoms with Crippen LogP contribution in [0, 0.1) is 13.8 Å². The smallest absolute Gasteiger partial charge is 0.273 e. The van der Waals surface area contributed by atoms with E-state index >= 15 is 0 Å². The zero-order valence-electron chi connectivity index (χ0n) is 15.7. The molecule has 2 aromatic heterocycles. The lowest BCUT2D eigenvalue weighted by Gasteiger charge is -2.08. The maximum absolute atomic E-state index is 12.0. The van der Waals surface area contributed by atoms with Gasteiger partial charge in [-0.3, -0.25) is 9.36 Å².